The Kier molecular flexibility index (Phi) is 5.15. The number of esters is 1. The molecule has 6 heteroatoms. The molecule has 0 bridgehead atoms. The highest BCUT2D eigenvalue weighted by Crippen LogP contribution is 2.20. The van der Waals surface area contributed by atoms with Gasteiger partial charge in [-0.3, -0.25) is 0 Å². The van der Waals surface area contributed by atoms with Crippen LogP contribution in [0.4, 0.5) is 10.1 Å². The Morgan fingerprint density at radius 2 is 2.41 bits per heavy atom. The highest BCUT2D eigenvalue weighted by Gasteiger charge is 2.15. The fourth-order valence-corrected chi connectivity index (χ4v) is 1.38. The first kappa shape index (κ1) is 13.7. The molecule has 17 heavy (non-hydrogen) atoms. The van der Waals surface area contributed by atoms with E-state index in [9.17, 15) is 9.18 Å². The van der Waals surface area contributed by atoms with Crippen LogP contribution < -0.4 is 5.32 Å². The number of pyridine rings is 1. The van der Waals surface area contributed by atoms with Crippen molar-refractivity contribution in [3.63, 3.8) is 0 Å². The standard InChI is InChI=1S/C11H14ClFN2O2/c1-3-17-11(16)8-6-14-10(12)4-9(8)15-7(2)5-13/h4,6-7H,3,5H2,1-2H3,(H,14,15). The zero-order valence-corrected chi connectivity index (χ0v) is 10.4. The average molecular weight is 261 g/mol. The molecule has 0 aliphatic carbocycles. The molecule has 1 unspecified atom stereocenters. The van der Waals surface area contributed by atoms with Crippen molar-refractivity contribution in [3.05, 3.63) is 23.0 Å². The third kappa shape index (κ3) is 3.85. The number of hydrogen-bond acceptors (Lipinski definition) is 4. The van der Waals surface area contributed by atoms with E-state index in [1.807, 2.05) is 0 Å². The Morgan fingerprint density at radius 3 is 3.00 bits per heavy atom. The van der Waals surface area contributed by atoms with Crippen molar-refractivity contribution in [1.82, 2.24) is 4.98 Å². The van der Waals surface area contributed by atoms with Gasteiger partial charge in [0.05, 0.1) is 18.3 Å². The molecule has 1 N–H and O–H groups in total. The van der Waals surface area contributed by atoms with Crippen LogP contribution in [0.1, 0.15) is 24.2 Å². The number of halogens is 2. The second-order valence-electron chi connectivity index (χ2n) is 3.47. The molecule has 1 aromatic rings. The van der Waals surface area contributed by atoms with E-state index >= 15 is 0 Å². The van der Waals surface area contributed by atoms with E-state index in [-0.39, 0.29) is 17.3 Å². The normalized spacial score (nSPS) is 12.0. The number of nitrogens with one attached hydrogen (secondary N) is 1. The fourth-order valence-electron chi connectivity index (χ4n) is 1.22. The number of aromatic nitrogens is 1. The van der Waals surface area contributed by atoms with Crippen molar-refractivity contribution in [2.45, 2.75) is 19.9 Å². The predicted molar refractivity (Wildman–Crippen MR) is 64.3 cm³/mol. The van der Waals surface area contributed by atoms with Crippen LogP contribution in [0.5, 0.6) is 0 Å². The van der Waals surface area contributed by atoms with Gasteiger partial charge in [0.25, 0.3) is 0 Å². The molecule has 0 aliphatic rings. The minimum absolute atomic E-state index is 0.228. The van der Waals surface area contributed by atoms with Gasteiger partial charge in [-0.2, -0.15) is 0 Å². The fraction of sp³-hybridized carbons (Fsp3) is 0.455. The molecule has 94 valence electrons. The minimum atomic E-state index is -0.553. The van der Waals surface area contributed by atoms with Gasteiger partial charge in [-0.1, -0.05) is 11.6 Å². The second kappa shape index (κ2) is 6.39. The molecule has 1 atom stereocenters. The number of hydrogen-bond donors (Lipinski definition) is 1. The molecule has 0 amide bonds. The van der Waals surface area contributed by atoms with E-state index in [0.717, 1.165) is 0 Å². The topological polar surface area (TPSA) is 51.2 Å². The van der Waals surface area contributed by atoms with Crippen molar-refractivity contribution in [3.8, 4) is 0 Å². The van der Waals surface area contributed by atoms with Crippen LogP contribution in [0.2, 0.25) is 5.15 Å². The number of alkyl halides is 1. The van der Waals surface area contributed by atoms with Crippen molar-refractivity contribution >= 4 is 23.3 Å². The van der Waals surface area contributed by atoms with Gasteiger partial charge >= 0.3 is 5.97 Å². The molecule has 0 fully saturated rings. The molecule has 0 saturated heterocycles. The minimum Gasteiger partial charge on any atom is -0.462 e. The monoisotopic (exact) mass is 260 g/mol. The Morgan fingerprint density at radius 1 is 1.71 bits per heavy atom. The highest BCUT2D eigenvalue weighted by molar-refractivity contribution is 6.29. The van der Waals surface area contributed by atoms with E-state index in [2.05, 4.69) is 10.3 Å². The SMILES string of the molecule is CCOC(=O)c1cnc(Cl)cc1NC(C)CF. The molecule has 0 aliphatic heterocycles. The van der Waals surface area contributed by atoms with E-state index in [4.69, 9.17) is 16.3 Å². The summed E-state index contributed by atoms with van der Waals surface area (Å²) in [6.07, 6.45) is 1.31. The zero-order valence-electron chi connectivity index (χ0n) is 9.67. The van der Waals surface area contributed by atoms with Crippen LogP contribution in [0.3, 0.4) is 0 Å². The first-order valence-corrected chi connectivity index (χ1v) is 5.61. The van der Waals surface area contributed by atoms with Gasteiger partial charge in [0, 0.05) is 6.20 Å². The summed E-state index contributed by atoms with van der Waals surface area (Å²) in [5, 5.41) is 3.07. The third-order valence-corrected chi connectivity index (χ3v) is 2.21. The first-order valence-electron chi connectivity index (χ1n) is 5.23. The molecule has 0 spiro atoms. The van der Waals surface area contributed by atoms with Crippen molar-refractivity contribution in [2.75, 3.05) is 18.6 Å². The van der Waals surface area contributed by atoms with Crippen LogP contribution in [0, 0.1) is 0 Å². The zero-order chi connectivity index (χ0) is 12.8. The molecule has 1 rings (SSSR count). The van der Waals surface area contributed by atoms with Crippen LogP contribution in [0.25, 0.3) is 0 Å². The van der Waals surface area contributed by atoms with Crippen LogP contribution in [-0.4, -0.2) is 30.3 Å². The summed E-state index contributed by atoms with van der Waals surface area (Å²) in [5.74, 6) is -0.509. The van der Waals surface area contributed by atoms with E-state index in [0.29, 0.717) is 5.69 Å². The molecule has 0 radical (unpaired) electrons. The summed E-state index contributed by atoms with van der Waals surface area (Å²) in [6, 6.07) is 1.06. The molecule has 0 aromatic carbocycles. The number of anilines is 1. The van der Waals surface area contributed by atoms with Gasteiger partial charge in [-0.05, 0) is 19.9 Å². The quantitative estimate of drug-likeness (QED) is 0.653. The van der Waals surface area contributed by atoms with Crippen LogP contribution in [-0.2, 0) is 4.74 Å². The maximum absolute atomic E-state index is 12.4. The molecule has 1 aromatic heterocycles. The molecule has 0 saturated carbocycles. The molecule has 1 heterocycles. The molecular formula is C11H14ClFN2O2. The van der Waals surface area contributed by atoms with Gasteiger partial charge in [0.15, 0.2) is 0 Å². The summed E-state index contributed by atoms with van der Waals surface area (Å²) in [6.45, 7) is 3.07. The van der Waals surface area contributed by atoms with Gasteiger partial charge in [0.2, 0.25) is 0 Å². The first-order chi connectivity index (χ1) is 8.08. The predicted octanol–water partition coefficient (Wildman–Crippen LogP) is 2.68. The lowest BCUT2D eigenvalue weighted by molar-refractivity contribution is 0.0527. The number of rotatable bonds is 5. The number of nitrogens with zero attached hydrogens (tertiary/aromatic N) is 1. The van der Waals surface area contributed by atoms with Crippen LogP contribution in [0.15, 0.2) is 12.3 Å². The summed E-state index contributed by atoms with van der Waals surface area (Å²) < 4.78 is 17.3. The molecule has 4 nitrogen and oxygen atoms in total. The summed E-state index contributed by atoms with van der Waals surface area (Å²) >= 11 is 5.73. The van der Waals surface area contributed by atoms with Crippen molar-refractivity contribution in [1.29, 1.82) is 0 Å². The molecular weight excluding hydrogens is 247 g/mol. The summed E-state index contributed by atoms with van der Waals surface area (Å²) in [5.41, 5.74) is 0.671. The Labute approximate surface area is 104 Å². The lowest BCUT2D eigenvalue weighted by atomic mass is 10.2. The van der Waals surface area contributed by atoms with E-state index in [1.165, 1.54) is 12.3 Å². The van der Waals surface area contributed by atoms with Gasteiger partial charge in [-0.15, -0.1) is 0 Å². The maximum atomic E-state index is 12.4. The Hall–Kier alpha value is -1.36. The Bertz CT molecular complexity index is 401. The van der Waals surface area contributed by atoms with Gasteiger partial charge in [-0.25, -0.2) is 14.2 Å². The van der Waals surface area contributed by atoms with Gasteiger partial charge in [0.1, 0.15) is 17.4 Å². The van der Waals surface area contributed by atoms with E-state index in [1.54, 1.807) is 13.8 Å². The summed E-state index contributed by atoms with van der Waals surface area (Å²) in [7, 11) is 0. The Balaban J connectivity index is 2.99. The second-order valence-corrected chi connectivity index (χ2v) is 3.86. The largest absolute Gasteiger partial charge is 0.462 e. The van der Waals surface area contributed by atoms with Crippen LogP contribution >= 0.6 is 11.6 Å². The number of carbonyl (C=O) groups excluding carboxylic acids is 1. The van der Waals surface area contributed by atoms with Crippen molar-refractivity contribution in [2.24, 2.45) is 0 Å². The lowest BCUT2D eigenvalue weighted by Gasteiger charge is -2.14. The highest BCUT2D eigenvalue weighted by atomic mass is 35.5. The maximum Gasteiger partial charge on any atom is 0.341 e. The number of carbonyl (C=O) groups is 1. The van der Waals surface area contributed by atoms with E-state index < -0.39 is 18.7 Å². The van der Waals surface area contributed by atoms with Gasteiger partial charge < -0.3 is 10.1 Å². The average Bonchev–Trinajstić information content (AvgIpc) is 2.29. The number of ether oxygens (including phenoxy) is 1. The smallest absolute Gasteiger partial charge is 0.341 e. The summed E-state index contributed by atoms with van der Waals surface area (Å²) in [4.78, 5) is 15.4. The lowest BCUT2D eigenvalue weighted by Crippen LogP contribution is -2.20. The third-order valence-electron chi connectivity index (χ3n) is 2.00. The van der Waals surface area contributed by atoms with Crippen molar-refractivity contribution < 1.29 is 13.9 Å².